The molecule has 1 heterocycles. The minimum atomic E-state index is -1.15. The highest BCUT2D eigenvalue weighted by Crippen LogP contribution is 2.28. The van der Waals surface area contributed by atoms with Crippen LogP contribution in [0.5, 0.6) is 0 Å². The van der Waals surface area contributed by atoms with E-state index < -0.39 is 49.3 Å². The topological polar surface area (TPSA) is 131 Å². The van der Waals surface area contributed by atoms with Crippen molar-refractivity contribution in [3.63, 3.8) is 0 Å². The van der Waals surface area contributed by atoms with Crippen molar-refractivity contribution in [2.45, 2.75) is 88.7 Å². The molecule has 0 aromatic rings. The van der Waals surface area contributed by atoms with Crippen molar-refractivity contribution in [1.29, 1.82) is 0 Å². The summed E-state index contributed by atoms with van der Waals surface area (Å²) >= 11 is 0. The van der Waals surface area contributed by atoms with Gasteiger partial charge in [0.2, 0.25) is 0 Å². The van der Waals surface area contributed by atoms with Crippen molar-refractivity contribution in [2.75, 3.05) is 6.61 Å². The second-order valence-corrected chi connectivity index (χ2v) is 6.78. The molecule has 1 aliphatic rings. The molecule has 23 heavy (non-hydrogen) atoms. The maximum absolute atomic E-state index is 10.3. The van der Waals surface area contributed by atoms with Crippen LogP contribution in [0.15, 0.2) is 0 Å². The lowest BCUT2D eigenvalue weighted by atomic mass is 9.88. The summed E-state index contributed by atoms with van der Waals surface area (Å²) in [6.45, 7) is 3.60. The molecule has 0 bridgehead atoms. The van der Waals surface area contributed by atoms with Gasteiger partial charge in [-0.3, -0.25) is 0 Å². The SMILES string of the molecule is CCC(C)CC(O)C1CC(O)C(O)C(CC(O)CC(O)CO)O1. The number of hydrogen-bond acceptors (Lipinski definition) is 7. The molecule has 0 saturated carbocycles. The van der Waals surface area contributed by atoms with Gasteiger partial charge >= 0.3 is 0 Å². The average Bonchev–Trinajstić information content (AvgIpc) is 2.50. The first kappa shape index (κ1) is 20.8. The molecular formula is C16H32O7. The normalized spacial score (nSPS) is 33.9. The summed E-state index contributed by atoms with van der Waals surface area (Å²) in [5, 5.41) is 58.3. The maximum atomic E-state index is 10.3. The molecule has 0 aliphatic carbocycles. The van der Waals surface area contributed by atoms with E-state index in [2.05, 4.69) is 0 Å². The van der Waals surface area contributed by atoms with Gasteiger partial charge in [-0.2, -0.15) is 0 Å². The van der Waals surface area contributed by atoms with E-state index >= 15 is 0 Å². The summed E-state index contributed by atoms with van der Waals surface area (Å²) in [5.41, 5.74) is 0. The van der Waals surface area contributed by atoms with Crippen LogP contribution in [0, 0.1) is 5.92 Å². The zero-order valence-corrected chi connectivity index (χ0v) is 14.0. The summed E-state index contributed by atoms with van der Waals surface area (Å²) in [4.78, 5) is 0. The average molecular weight is 336 g/mol. The Hall–Kier alpha value is -0.280. The maximum Gasteiger partial charge on any atom is 0.106 e. The molecule has 1 fully saturated rings. The van der Waals surface area contributed by atoms with Crippen molar-refractivity contribution in [3.8, 4) is 0 Å². The van der Waals surface area contributed by atoms with E-state index in [0.717, 1.165) is 6.42 Å². The van der Waals surface area contributed by atoms with E-state index in [1.807, 2.05) is 13.8 Å². The minimum absolute atomic E-state index is 0.0157. The highest BCUT2D eigenvalue weighted by molar-refractivity contribution is 4.89. The van der Waals surface area contributed by atoms with Crippen LogP contribution in [0.1, 0.15) is 46.0 Å². The summed E-state index contributed by atoms with van der Waals surface area (Å²) in [7, 11) is 0. The largest absolute Gasteiger partial charge is 0.394 e. The Bertz CT molecular complexity index is 328. The van der Waals surface area contributed by atoms with Gasteiger partial charge in [0, 0.05) is 19.3 Å². The van der Waals surface area contributed by atoms with Crippen molar-refractivity contribution in [2.24, 2.45) is 5.92 Å². The van der Waals surface area contributed by atoms with E-state index in [0.29, 0.717) is 12.3 Å². The number of aliphatic hydroxyl groups is 6. The van der Waals surface area contributed by atoms with Gasteiger partial charge in [0.25, 0.3) is 0 Å². The van der Waals surface area contributed by atoms with Crippen LogP contribution in [-0.4, -0.2) is 80.0 Å². The number of hydrogen-bond donors (Lipinski definition) is 6. The van der Waals surface area contributed by atoms with E-state index in [1.165, 1.54) is 0 Å². The molecule has 7 nitrogen and oxygen atoms in total. The fraction of sp³-hybridized carbons (Fsp3) is 1.00. The first-order valence-corrected chi connectivity index (χ1v) is 8.45. The molecule has 0 aromatic carbocycles. The van der Waals surface area contributed by atoms with E-state index in [1.54, 1.807) is 0 Å². The lowest BCUT2D eigenvalue weighted by Gasteiger charge is -2.40. The molecule has 6 N–H and O–H groups in total. The van der Waals surface area contributed by atoms with E-state index in [-0.39, 0.29) is 19.3 Å². The highest BCUT2D eigenvalue weighted by atomic mass is 16.5. The molecule has 7 heteroatoms. The van der Waals surface area contributed by atoms with Gasteiger partial charge in [0.05, 0.1) is 43.2 Å². The van der Waals surface area contributed by atoms with Crippen LogP contribution < -0.4 is 0 Å². The summed E-state index contributed by atoms with van der Waals surface area (Å²) in [6.07, 6.45) is -4.77. The fourth-order valence-electron chi connectivity index (χ4n) is 2.91. The fourth-order valence-corrected chi connectivity index (χ4v) is 2.91. The molecule has 8 unspecified atom stereocenters. The standard InChI is InChI=1S/C16H32O7/c1-3-9(2)4-12(20)14-7-13(21)16(22)15(23-14)6-10(18)5-11(19)8-17/h9-22H,3-8H2,1-2H3. The highest BCUT2D eigenvalue weighted by Gasteiger charge is 2.40. The Morgan fingerprint density at radius 2 is 1.74 bits per heavy atom. The van der Waals surface area contributed by atoms with Crippen LogP contribution in [-0.2, 0) is 4.74 Å². The van der Waals surface area contributed by atoms with Gasteiger partial charge in [0.1, 0.15) is 6.10 Å². The van der Waals surface area contributed by atoms with Gasteiger partial charge in [-0.15, -0.1) is 0 Å². The minimum Gasteiger partial charge on any atom is -0.394 e. The van der Waals surface area contributed by atoms with Crippen LogP contribution >= 0.6 is 0 Å². The zero-order valence-electron chi connectivity index (χ0n) is 14.0. The summed E-state index contributed by atoms with van der Waals surface area (Å²) < 4.78 is 5.70. The molecule has 1 rings (SSSR count). The Kier molecular flexibility index (Phi) is 8.92. The number of aliphatic hydroxyl groups excluding tert-OH is 6. The Balaban J connectivity index is 2.60. The third-order valence-corrected chi connectivity index (χ3v) is 4.63. The quantitative estimate of drug-likeness (QED) is 0.324. The molecule has 1 saturated heterocycles. The van der Waals surface area contributed by atoms with Crippen LogP contribution in [0.3, 0.4) is 0 Å². The Morgan fingerprint density at radius 1 is 1.09 bits per heavy atom. The summed E-state index contributed by atoms with van der Waals surface area (Å²) in [5.74, 6) is 0.321. The van der Waals surface area contributed by atoms with Crippen molar-refractivity contribution >= 4 is 0 Å². The first-order valence-electron chi connectivity index (χ1n) is 8.45. The third kappa shape index (κ3) is 6.62. The van der Waals surface area contributed by atoms with E-state index in [9.17, 15) is 25.5 Å². The Labute approximate surface area is 137 Å². The van der Waals surface area contributed by atoms with Crippen LogP contribution in [0.25, 0.3) is 0 Å². The van der Waals surface area contributed by atoms with Crippen molar-refractivity contribution < 1.29 is 35.4 Å². The lowest BCUT2D eigenvalue weighted by Crippen LogP contribution is -2.52. The van der Waals surface area contributed by atoms with Gasteiger partial charge in [-0.25, -0.2) is 0 Å². The third-order valence-electron chi connectivity index (χ3n) is 4.63. The molecule has 138 valence electrons. The zero-order chi connectivity index (χ0) is 17.6. The molecule has 1 aliphatic heterocycles. The molecule has 0 amide bonds. The second kappa shape index (κ2) is 9.88. The molecule has 0 aromatic heterocycles. The van der Waals surface area contributed by atoms with Crippen molar-refractivity contribution in [1.82, 2.24) is 0 Å². The number of rotatable bonds is 9. The van der Waals surface area contributed by atoms with Gasteiger partial charge < -0.3 is 35.4 Å². The predicted octanol–water partition coefficient (Wildman–Crippen LogP) is -0.843. The Morgan fingerprint density at radius 3 is 2.30 bits per heavy atom. The van der Waals surface area contributed by atoms with Crippen molar-refractivity contribution in [3.05, 3.63) is 0 Å². The molecule has 0 radical (unpaired) electrons. The summed E-state index contributed by atoms with van der Waals surface area (Å²) in [6, 6.07) is 0. The molecule has 8 atom stereocenters. The van der Waals surface area contributed by atoms with E-state index in [4.69, 9.17) is 9.84 Å². The monoisotopic (exact) mass is 336 g/mol. The molecule has 0 spiro atoms. The van der Waals surface area contributed by atoms with Gasteiger partial charge in [0.15, 0.2) is 0 Å². The van der Waals surface area contributed by atoms with Crippen LogP contribution in [0.4, 0.5) is 0 Å². The van der Waals surface area contributed by atoms with Crippen LogP contribution in [0.2, 0.25) is 0 Å². The van der Waals surface area contributed by atoms with Gasteiger partial charge in [-0.05, 0) is 12.3 Å². The van der Waals surface area contributed by atoms with Gasteiger partial charge in [-0.1, -0.05) is 20.3 Å². The first-order chi connectivity index (χ1) is 10.8. The lowest BCUT2D eigenvalue weighted by molar-refractivity contribution is -0.202. The number of ether oxygens (including phenoxy) is 1. The second-order valence-electron chi connectivity index (χ2n) is 6.78. The molecular weight excluding hydrogens is 304 g/mol. The predicted molar refractivity (Wildman–Crippen MR) is 83.7 cm³/mol. The smallest absolute Gasteiger partial charge is 0.106 e.